The molecule has 0 heterocycles. The average Bonchev–Trinajstić information content (AvgIpc) is 2.02. The first-order chi connectivity index (χ1) is 6.52. The highest BCUT2D eigenvalue weighted by Gasteiger charge is 2.23. The lowest BCUT2D eigenvalue weighted by Gasteiger charge is -2.16. The molecule has 1 atom stereocenters. The van der Waals surface area contributed by atoms with E-state index in [1.807, 2.05) is 45.0 Å². The van der Waals surface area contributed by atoms with E-state index in [-0.39, 0.29) is 5.92 Å². The van der Waals surface area contributed by atoms with Crippen LogP contribution in [0, 0.1) is 12.8 Å². The number of aryl methyl sites for hydroxylation is 1. The highest BCUT2D eigenvalue weighted by atomic mass is 16.4. The molecule has 2 nitrogen and oxygen atoms in total. The molecule has 0 bridgehead atoms. The summed E-state index contributed by atoms with van der Waals surface area (Å²) in [5.41, 5.74) is 2.00. The molecule has 0 aliphatic heterocycles. The number of rotatable bonds is 3. The first kappa shape index (κ1) is 10.8. The monoisotopic (exact) mass is 192 g/mol. The second-order valence-corrected chi connectivity index (χ2v) is 3.97. The number of hydrogen-bond donors (Lipinski definition) is 1. The zero-order valence-electron chi connectivity index (χ0n) is 8.82. The van der Waals surface area contributed by atoms with E-state index in [1.54, 1.807) is 0 Å². The van der Waals surface area contributed by atoms with Crippen LogP contribution >= 0.6 is 0 Å². The smallest absolute Gasteiger partial charge is 0.311 e. The second kappa shape index (κ2) is 4.27. The standard InChI is InChI=1S/C12H16O2/c1-8(2)11(12(13)14)10-6-4-5-9(3)7-10/h4-8,11H,1-3H3,(H,13,14). The fourth-order valence-electron chi connectivity index (χ4n) is 1.68. The molecule has 0 fully saturated rings. The summed E-state index contributed by atoms with van der Waals surface area (Å²) in [5, 5.41) is 9.09. The van der Waals surface area contributed by atoms with E-state index in [9.17, 15) is 4.79 Å². The van der Waals surface area contributed by atoms with Gasteiger partial charge >= 0.3 is 5.97 Å². The van der Waals surface area contributed by atoms with Crippen molar-refractivity contribution in [1.82, 2.24) is 0 Å². The van der Waals surface area contributed by atoms with Crippen LogP contribution in [-0.2, 0) is 4.79 Å². The Hall–Kier alpha value is -1.31. The lowest BCUT2D eigenvalue weighted by molar-refractivity contribution is -0.139. The lowest BCUT2D eigenvalue weighted by atomic mass is 9.88. The van der Waals surface area contributed by atoms with Gasteiger partial charge in [0.05, 0.1) is 5.92 Å². The Kier molecular flexibility index (Phi) is 3.28. The van der Waals surface area contributed by atoms with Crippen molar-refractivity contribution in [2.75, 3.05) is 0 Å². The first-order valence-electron chi connectivity index (χ1n) is 4.81. The van der Waals surface area contributed by atoms with E-state index in [1.165, 1.54) is 0 Å². The summed E-state index contributed by atoms with van der Waals surface area (Å²) in [7, 11) is 0. The molecule has 0 amide bonds. The number of carbonyl (C=O) groups is 1. The summed E-state index contributed by atoms with van der Waals surface area (Å²) < 4.78 is 0. The maximum absolute atomic E-state index is 11.1. The van der Waals surface area contributed by atoms with Gasteiger partial charge in [0.2, 0.25) is 0 Å². The SMILES string of the molecule is Cc1cccc(C(C(=O)O)C(C)C)c1. The maximum atomic E-state index is 11.1. The van der Waals surface area contributed by atoms with E-state index in [2.05, 4.69) is 0 Å². The zero-order chi connectivity index (χ0) is 10.7. The topological polar surface area (TPSA) is 37.3 Å². The number of carboxylic acid groups (broad SMARTS) is 1. The predicted molar refractivity (Wildman–Crippen MR) is 56.4 cm³/mol. The van der Waals surface area contributed by atoms with Gasteiger partial charge in [-0.1, -0.05) is 43.7 Å². The number of hydrogen-bond acceptors (Lipinski definition) is 1. The van der Waals surface area contributed by atoms with Crippen LogP contribution in [0.25, 0.3) is 0 Å². The molecule has 76 valence electrons. The summed E-state index contributed by atoms with van der Waals surface area (Å²) in [6.45, 7) is 5.84. The molecule has 1 N–H and O–H groups in total. The van der Waals surface area contributed by atoms with Crippen LogP contribution in [0.2, 0.25) is 0 Å². The number of carboxylic acids is 1. The van der Waals surface area contributed by atoms with Crippen molar-refractivity contribution in [1.29, 1.82) is 0 Å². The van der Waals surface area contributed by atoms with Crippen LogP contribution in [0.5, 0.6) is 0 Å². The average molecular weight is 192 g/mol. The molecule has 1 aromatic carbocycles. The van der Waals surface area contributed by atoms with Crippen molar-refractivity contribution in [2.45, 2.75) is 26.7 Å². The van der Waals surface area contributed by atoms with Crippen LogP contribution in [0.15, 0.2) is 24.3 Å². The van der Waals surface area contributed by atoms with Crippen molar-refractivity contribution in [2.24, 2.45) is 5.92 Å². The fourth-order valence-corrected chi connectivity index (χ4v) is 1.68. The van der Waals surface area contributed by atoms with Crippen molar-refractivity contribution in [3.63, 3.8) is 0 Å². The van der Waals surface area contributed by atoms with Crippen LogP contribution in [-0.4, -0.2) is 11.1 Å². The van der Waals surface area contributed by atoms with Gasteiger partial charge in [0.1, 0.15) is 0 Å². The molecule has 1 aromatic rings. The largest absolute Gasteiger partial charge is 0.481 e. The van der Waals surface area contributed by atoms with Gasteiger partial charge in [-0.3, -0.25) is 4.79 Å². The molecule has 0 spiro atoms. The Balaban J connectivity index is 3.05. The molecule has 0 saturated carbocycles. The number of aliphatic carboxylic acids is 1. The van der Waals surface area contributed by atoms with Gasteiger partial charge in [-0.25, -0.2) is 0 Å². The minimum Gasteiger partial charge on any atom is -0.481 e. The third kappa shape index (κ3) is 2.34. The summed E-state index contributed by atoms with van der Waals surface area (Å²) in [5.74, 6) is -1.02. The van der Waals surface area contributed by atoms with E-state index < -0.39 is 11.9 Å². The van der Waals surface area contributed by atoms with Crippen LogP contribution < -0.4 is 0 Å². The fraction of sp³-hybridized carbons (Fsp3) is 0.417. The first-order valence-corrected chi connectivity index (χ1v) is 4.81. The van der Waals surface area contributed by atoms with Gasteiger partial charge < -0.3 is 5.11 Å². The molecular formula is C12H16O2. The molecule has 0 aliphatic carbocycles. The van der Waals surface area contributed by atoms with Crippen LogP contribution in [0.3, 0.4) is 0 Å². The summed E-state index contributed by atoms with van der Waals surface area (Å²) >= 11 is 0. The van der Waals surface area contributed by atoms with E-state index in [0.29, 0.717) is 0 Å². The Bertz CT molecular complexity index is 329. The minimum absolute atomic E-state index is 0.120. The summed E-state index contributed by atoms with van der Waals surface area (Å²) in [6.07, 6.45) is 0. The molecule has 0 saturated heterocycles. The highest BCUT2D eigenvalue weighted by Crippen LogP contribution is 2.25. The van der Waals surface area contributed by atoms with Crippen LogP contribution in [0.1, 0.15) is 30.9 Å². The van der Waals surface area contributed by atoms with Crippen molar-refractivity contribution >= 4 is 5.97 Å². The Morgan fingerprint density at radius 1 is 1.36 bits per heavy atom. The van der Waals surface area contributed by atoms with Gasteiger partial charge in [-0.2, -0.15) is 0 Å². The van der Waals surface area contributed by atoms with Crippen molar-refractivity contribution in [3.8, 4) is 0 Å². The molecule has 14 heavy (non-hydrogen) atoms. The van der Waals surface area contributed by atoms with Gasteiger partial charge in [-0.15, -0.1) is 0 Å². The highest BCUT2D eigenvalue weighted by molar-refractivity contribution is 5.76. The molecule has 1 rings (SSSR count). The van der Waals surface area contributed by atoms with Gasteiger partial charge in [0.15, 0.2) is 0 Å². The quantitative estimate of drug-likeness (QED) is 0.799. The third-order valence-electron chi connectivity index (χ3n) is 2.33. The van der Waals surface area contributed by atoms with Crippen LogP contribution in [0.4, 0.5) is 0 Å². The van der Waals surface area contributed by atoms with E-state index >= 15 is 0 Å². The molecule has 0 aromatic heterocycles. The maximum Gasteiger partial charge on any atom is 0.311 e. The lowest BCUT2D eigenvalue weighted by Crippen LogP contribution is -2.17. The van der Waals surface area contributed by atoms with E-state index in [0.717, 1.165) is 11.1 Å². The Labute approximate surface area is 84.6 Å². The molecule has 2 heteroatoms. The normalized spacial score (nSPS) is 12.9. The molecule has 0 aliphatic rings. The van der Waals surface area contributed by atoms with Crippen molar-refractivity contribution in [3.05, 3.63) is 35.4 Å². The zero-order valence-corrected chi connectivity index (χ0v) is 8.82. The minimum atomic E-state index is -0.745. The predicted octanol–water partition coefficient (Wildman–Crippen LogP) is 2.82. The third-order valence-corrected chi connectivity index (χ3v) is 2.33. The van der Waals surface area contributed by atoms with E-state index in [4.69, 9.17) is 5.11 Å². The van der Waals surface area contributed by atoms with Crippen molar-refractivity contribution < 1.29 is 9.90 Å². The number of benzene rings is 1. The Morgan fingerprint density at radius 3 is 2.43 bits per heavy atom. The van der Waals surface area contributed by atoms with Gasteiger partial charge in [0, 0.05) is 0 Å². The van der Waals surface area contributed by atoms with Gasteiger partial charge in [0.25, 0.3) is 0 Å². The van der Waals surface area contributed by atoms with Gasteiger partial charge in [-0.05, 0) is 18.4 Å². The summed E-state index contributed by atoms with van der Waals surface area (Å²) in [4.78, 5) is 11.1. The molecule has 0 radical (unpaired) electrons. The summed E-state index contributed by atoms with van der Waals surface area (Å²) in [6, 6.07) is 7.70. The Morgan fingerprint density at radius 2 is 2.00 bits per heavy atom. The molecule has 1 unspecified atom stereocenters. The second-order valence-electron chi connectivity index (χ2n) is 3.97. The molecular weight excluding hydrogens is 176 g/mol.